The number of hydrogen-bond donors (Lipinski definition) is 1. The molecule has 0 unspecified atom stereocenters. The first-order valence-corrected chi connectivity index (χ1v) is 7.53. The number of carbonyl (C=O) groups excluding carboxylic acids is 1. The third-order valence-corrected chi connectivity index (χ3v) is 3.38. The van der Waals surface area contributed by atoms with Gasteiger partial charge >= 0.3 is 0 Å². The molecular formula is C19H15ClN2O2. The fraction of sp³-hybridized carbons (Fsp3) is 0.0526. The maximum absolute atomic E-state index is 12.2. The van der Waals surface area contributed by atoms with E-state index in [-0.39, 0.29) is 5.57 Å². The van der Waals surface area contributed by atoms with Gasteiger partial charge in [0, 0.05) is 0 Å². The second kappa shape index (κ2) is 8.56. The summed E-state index contributed by atoms with van der Waals surface area (Å²) in [6, 6.07) is 15.8. The number of rotatable bonds is 6. The standard InChI is InChI=1S/C19H15ClN2O2/c1-2-11-24-16-9-7-14(8-10-16)12-15(13-21)19(23)22-18-6-4-3-5-17(18)20/h2-10,12H,1,11H2,(H,22,23)/b15-12+. The summed E-state index contributed by atoms with van der Waals surface area (Å²) in [4.78, 5) is 12.2. The highest BCUT2D eigenvalue weighted by atomic mass is 35.5. The van der Waals surface area contributed by atoms with Crippen LogP contribution in [0.2, 0.25) is 5.02 Å². The quantitative estimate of drug-likeness (QED) is 0.481. The van der Waals surface area contributed by atoms with Crippen molar-refractivity contribution in [3.05, 3.63) is 77.3 Å². The number of nitrogens with zero attached hydrogens (tertiary/aromatic N) is 1. The molecule has 0 aromatic heterocycles. The Kier molecular flexibility index (Phi) is 6.18. The molecule has 2 rings (SSSR count). The van der Waals surface area contributed by atoms with Crippen molar-refractivity contribution in [3.63, 3.8) is 0 Å². The Bertz CT molecular complexity index is 805. The van der Waals surface area contributed by atoms with E-state index in [1.165, 1.54) is 6.08 Å². The lowest BCUT2D eigenvalue weighted by Crippen LogP contribution is -2.13. The minimum atomic E-state index is -0.516. The summed E-state index contributed by atoms with van der Waals surface area (Å²) >= 11 is 6.00. The van der Waals surface area contributed by atoms with Crippen LogP contribution in [0.15, 0.2) is 66.8 Å². The highest BCUT2D eigenvalue weighted by Gasteiger charge is 2.11. The molecule has 0 saturated carbocycles. The van der Waals surface area contributed by atoms with Gasteiger partial charge in [-0.3, -0.25) is 4.79 Å². The fourth-order valence-electron chi connectivity index (χ4n) is 1.88. The topological polar surface area (TPSA) is 62.1 Å². The van der Waals surface area contributed by atoms with Crippen molar-refractivity contribution in [1.82, 2.24) is 0 Å². The number of ether oxygens (including phenoxy) is 1. The summed E-state index contributed by atoms with van der Waals surface area (Å²) in [5.41, 5.74) is 1.15. The molecule has 0 aliphatic carbocycles. The molecule has 2 aromatic rings. The summed E-state index contributed by atoms with van der Waals surface area (Å²) in [6.07, 6.45) is 3.16. The molecule has 120 valence electrons. The molecule has 0 atom stereocenters. The van der Waals surface area contributed by atoms with Crippen molar-refractivity contribution in [2.75, 3.05) is 11.9 Å². The lowest BCUT2D eigenvalue weighted by molar-refractivity contribution is -0.112. The van der Waals surface area contributed by atoms with Crippen LogP contribution in [0.1, 0.15) is 5.56 Å². The van der Waals surface area contributed by atoms with Crippen LogP contribution in [0, 0.1) is 11.3 Å². The lowest BCUT2D eigenvalue weighted by atomic mass is 10.1. The molecule has 0 bridgehead atoms. The van der Waals surface area contributed by atoms with Gasteiger partial charge in [-0.1, -0.05) is 48.5 Å². The molecule has 1 N–H and O–H groups in total. The average molecular weight is 339 g/mol. The summed E-state index contributed by atoms with van der Waals surface area (Å²) in [5, 5.41) is 12.3. The van der Waals surface area contributed by atoms with E-state index >= 15 is 0 Å². The largest absolute Gasteiger partial charge is 0.490 e. The van der Waals surface area contributed by atoms with Gasteiger partial charge in [-0.25, -0.2) is 0 Å². The van der Waals surface area contributed by atoms with Crippen LogP contribution in [0.25, 0.3) is 6.08 Å². The number of halogens is 1. The number of anilines is 1. The predicted octanol–water partition coefficient (Wildman–Crippen LogP) is 4.45. The minimum absolute atomic E-state index is 0.0188. The van der Waals surface area contributed by atoms with Gasteiger partial charge in [0.2, 0.25) is 0 Å². The molecule has 0 aliphatic heterocycles. The van der Waals surface area contributed by atoms with E-state index in [0.717, 1.165) is 0 Å². The number of hydrogen-bond acceptors (Lipinski definition) is 3. The maximum atomic E-state index is 12.2. The Morgan fingerprint density at radius 1 is 1.25 bits per heavy atom. The second-order valence-corrected chi connectivity index (χ2v) is 5.18. The van der Waals surface area contributed by atoms with Gasteiger partial charge in [-0.05, 0) is 35.9 Å². The van der Waals surface area contributed by atoms with E-state index in [0.29, 0.717) is 28.6 Å². The molecular weight excluding hydrogens is 324 g/mol. The number of nitrogens with one attached hydrogen (secondary N) is 1. The summed E-state index contributed by atoms with van der Waals surface area (Å²) in [5.74, 6) is 0.170. The Balaban J connectivity index is 2.13. The average Bonchev–Trinajstić information content (AvgIpc) is 2.60. The van der Waals surface area contributed by atoms with Gasteiger partial charge in [-0.15, -0.1) is 0 Å². The van der Waals surface area contributed by atoms with Crippen LogP contribution >= 0.6 is 11.6 Å². The normalized spacial score (nSPS) is 10.6. The minimum Gasteiger partial charge on any atom is -0.490 e. The van der Waals surface area contributed by atoms with Gasteiger partial charge in [0.25, 0.3) is 5.91 Å². The van der Waals surface area contributed by atoms with Crippen LogP contribution in [0.3, 0.4) is 0 Å². The number of carbonyl (C=O) groups is 1. The van der Waals surface area contributed by atoms with Crippen molar-refractivity contribution in [2.45, 2.75) is 0 Å². The first kappa shape index (κ1) is 17.3. The molecule has 0 radical (unpaired) electrons. The zero-order chi connectivity index (χ0) is 17.4. The smallest absolute Gasteiger partial charge is 0.266 e. The fourth-order valence-corrected chi connectivity index (χ4v) is 2.07. The maximum Gasteiger partial charge on any atom is 0.266 e. The number of benzene rings is 2. The van der Waals surface area contributed by atoms with E-state index in [1.54, 1.807) is 54.6 Å². The van der Waals surface area contributed by atoms with E-state index in [1.807, 2.05) is 6.07 Å². The van der Waals surface area contributed by atoms with E-state index in [4.69, 9.17) is 16.3 Å². The molecule has 0 saturated heterocycles. The van der Waals surface area contributed by atoms with Crippen LogP contribution < -0.4 is 10.1 Å². The van der Waals surface area contributed by atoms with Crippen molar-refractivity contribution in [1.29, 1.82) is 5.26 Å². The third kappa shape index (κ3) is 4.73. The summed E-state index contributed by atoms with van der Waals surface area (Å²) in [7, 11) is 0. The third-order valence-electron chi connectivity index (χ3n) is 3.05. The zero-order valence-electron chi connectivity index (χ0n) is 12.8. The molecule has 4 nitrogen and oxygen atoms in total. The van der Waals surface area contributed by atoms with Crippen molar-refractivity contribution >= 4 is 29.3 Å². The Morgan fingerprint density at radius 3 is 2.58 bits per heavy atom. The van der Waals surface area contributed by atoms with Gasteiger partial charge in [0.1, 0.15) is 24.0 Å². The zero-order valence-corrected chi connectivity index (χ0v) is 13.6. The second-order valence-electron chi connectivity index (χ2n) is 4.77. The highest BCUT2D eigenvalue weighted by molar-refractivity contribution is 6.34. The molecule has 5 heteroatoms. The lowest BCUT2D eigenvalue weighted by Gasteiger charge is -2.06. The summed E-state index contributed by atoms with van der Waals surface area (Å²) < 4.78 is 5.38. The van der Waals surface area contributed by atoms with E-state index in [9.17, 15) is 10.1 Å². The van der Waals surface area contributed by atoms with Crippen LogP contribution in [-0.2, 0) is 4.79 Å². The van der Waals surface area contributed by atoms with Crippen LogP contribution in [0.4, 0.5) is 5.69 Å². The van der Waals surface area contributed by atoms with Gasteiger partial charge < -0.3 is 10.1 Å². The van der Waals surface area contributed by atoms with Crippen LogP contribution in [0.5, 0.6) is 5.75 Å². The van der Waals surface area contributed by atoms with E-state index in [2.05, 4.69) is 11.9 Å². The molecule has 1 amide bonds. The first-order valence-electron chi connectivity index (χ1n) is 7.15. The number of para-hydroxylation sites is 1. The molecule has 0 fully saturated rings. The highest BCUT2D eigenvalue weighted by Crippen LogP contribution is 2.21. The van der Waals surface area contributed by atoms with Crippen molar-refractivity contribution in [3.8, 4) is 11.8 Å². The summed E-state index contributed by atoms with van der Waals surface area (Å²) in [6.45, 7) is 3.99. The number of nitriles is 1. The van der Waals surface area contributed by atoms with Gasteiger partial charge in [0.05, 0.1) is 10.7 Å². The van der Waals surface area contributed by atoms with Crippen molar-refractivity contribution < 1.29 is 9.53 Å². The number of amides is 1. The monoisotopic (exact) mass is 338 g/mol. The predicted molar refractivity (Wildman–Crippen MR) is 95.8 cm³/mol. The van der Waals surface area contributed by atoms with E-state index < -0.39 is 5.91 Å². The Hall–Kier alpha value is -3.03. The van der Waals surface area contributed by atoms with Crippen LogP contribution in [-0.4, -0.2) is 12.5 Å². The van der Waals surface area contributed by atoms with Crippen molar-refractivity contribution in [2.24, 2.45) is 0 Å². The molecule has 0 aliphatic rings. The molecule has 0 spiro atoms. The SMILES string of the molecule is C=CCOc1ccc(/C=C(\C#N)C(=O)Nc2ccccc2Cl)cc1. The molecule has 2 aromatic carbocycles. The van der Waals surface area contributed by atoms with Gasteiger partial charge in [0.15, 0.2) is 0 Å². The molecule has 0 heterocycles. The first-order chi connectivity index (χ1) is 11.6. The molecule has 24 heavy (non-hydrogen) atoms. The Morgan fingerprint density at radius 2 is 1.96 bits per heavy atom. The van der Waals surface area contributed by atoms with Gasteiger partial charge in [-0.2, -0.15) is 5.26 Å². The Labute approximate surface area is 145 Å².